The lowest BCUT2D eigenvalue weighted by atomic mass is 9.88. The lowest BCUT2D eigenvalue weighted by Gasteiger charge is -2.25. The molecule has 0 saturated heterocycles. The van der Waals surface area contributed by atoms with Crippen LogP contribution in [0.25, 0.3) is 11.3 Å². The van der Waals surface area contributed by atoms with Crippen LogP contribution in [0, 0.1) is 11.8 Å². The zero-order chi connectivity index (χ0) is 26.6. The van der Waals surface area contributed by atoms with Crippen molar-refractivity contribution in [2.75, 3.05) is 13.1 Å². The first-order chi connectivity index (χ1) is 17.8. The number of amides is 3. The van der Waals surface area contributed by atoms with E-state index >= 15 is 0 Å². The van der Waals surface area contributed by atoms with Gasteiger partial charge in [-0.3, -0.25) is 24.2 Å². The van der Waals surface area contributed by atoms with Crippen molar-refractivity contribution in [3.05, 3.63) is 54.2 Å². The molecule has 2 aromatic rings. The molecule has 0 bridgehead atoms. The Morgan fingerprint density at radius 1 is 0.946 bits per heavy atom. The predicted molar refractivity (Wildman–Crippen MR) is 142 cm³/mol. The highest BCUT2D eigenvalue weighted by atomic mass is 16.2. The van der Waals surface area contributed by atoms with Gasteiger partial charge in [-0.1, -0.05) is 57.4 Å². The molecule has 0 unspecified atom stereocenters. The normalized spacial score (nSPS) is 14.6. The molecule has 37 heavy (non-hydrogen) atoms. The number of hydrogen-bond acceptors (Lipinski definition) is 5. The standard InChI is InChI=1S/C29H38N4O4/c1-20(2)15-26(33-28(36)22-10-4-3-5-11-22)29(37)32-19-24(34)18-31-27(35)17-21-9-8-12-23(16-21)25-13-6-7-14-30-25/h6-9,12-14,16,20,22,26H,3-5,10-11,15,17-19H2,1-2H3,(H,31,35)(H,32,37)(H,33,36)/t26-/m0/s1. The van der Waals surface area contributed by atoms with Gasteiger partial charge in [0, 0.05) is 17.7 Å². The van der Waals surface area contributed by atoms with Crippen LogP contribution in [-0.4, -0.2) is 47.6 Å². The molecule has 1 saturated carbocycles. The molecule has 1 fully saturated rings. The number of nitrogens with zero attached hydrogens (tertiary/aromatic N) is 1. The largest absolute Gasteiger partial charge is 0.349 e. The Labute approximate surface area is 219 Å². The van der Waals surface area contributed by atoms with Crippen LogP contribution < -0.4 is 16.0 Å². The third-order valence-corrected chi connectivity index (χ3v) is 6.51. The molecule has 1 aliphatic rings. The number of nitrogens with one attached hydrogen (secondary N) is 3. The summed E-state index contributed by atoms with van der Waals surface area (Å²) in [6.45, 7) is 3.59. The molecule has 1 atom stereocenters. The van der Waals surface area contributed by atoms with E-state index < -0.39 is 6.04 Å². The van der Waals surface area contributed by atoms with Crippen LogP contribution in [-0.2, 0) is 25.6 Å². The van der Waals surface area contributed by atoms with E-state index in [0.29, 0.717) is 6.42 Å². The van der Waals surface area contributed by atoms with Crippen LogP contribution in [0.2, 0.25) is 0 Å². The van der Waals surface area contributed by atoms with Crippen molar-refractivity contribution in [1.82, 2.24) is 20.9 Å². The zero-order valence-corrected chi connectivity index (χ0v) is 21.8. The molecular weight excluding hydrogens is 468 g/mol. The smallest absolute Gasteiger partial charge is 0.242 e. The molecule has 8 nitrogen and oxygen atoms in total. The minimum absolute atomic E-state index is 0.0438. The molecule has 1 aromatic heterocycles. The van der Waals surface area contributed by atoms with Gasteiger partial charge in [0.05, 0.1) is 25.2 Å². The Hall–Kier alpha value is -3.55. The summed E-state index contributed by atoms with van der Waals surface area (Å²) in [7, 11) is 0. The van der Waals surface area contributed by atoms with Crippen molar-refractivity contribution in [1.29, 1.82) is 0 Å². The van der Waals surface area contributed by atoms with E-state index in [1.165, 1.54) is 0 Å². The first kappa shape index (κ1) is 28.0. The third-order valence-electron chi connectivity index (χ3n) is 6.51. The van der Waals surface area contributed by atoms with E-state index in [-0.39, 0.29) is 54.9 Å². The first-order valence-corrected chi connectivity index (χ1v) is 13.2. The van der Waals surface area contributed by atoms with E-state index in [9.17, 15) is 19.2 Å². The van der Waals surface area contributed by atoms with Crippen LogP contribution in [0.15, 0.2) is 48.7 Å². The van der Waals surface area contributed by atoms with Gasteiger partial charge in [-0.15, -0.1) is 0 Å². The number of carbonyl (C=O) groups is 4. The number of Topliss-reactive ketones (excluding diaryl/α,β-unsaturated/α-hetero) is 1. The lowest BCUT2D eigenvalue weighted by Crippen LogP contribution is -2.50. The van der Waals surface area contributed by atoms with E-state index in [1.54, 1.807) is 6.20 Å². The molecule has 3 rings (SSSR count). The maximum Gasteiger partial charge on any atom is 0.242 e. The summed E-state index contributed by atoms with van der Waals surface area (Å²) in [4.78, 5) is 54.5. The van der Waals surface area contributed by atoms with Gasteiger partial charge < -0.3 is 16.0 Å². The number of pyridine rings is 1. The molecule has 0 spiro atoms. The summed E-state index contributed by atoms with van der Waals surface area (Å²) >= 11 is 0. The van der Waals surface area contributed by atoms with Crippen molar-refractivity contribution >= 4 is 23.5 Å². The highest BCUT2D eigenvalue weighted by Crippen LogP contribution is 2.24. The Kier molecular flexibility index (Phi) is 10.8. The van der Waals surface area contributed by atoms with Gasteiger partial charge in [0.25, 0.3) is 0 Å². The summed E-state index contributed by atoms with van der Waals surface area (Å²) < 4.78 is 0. The first-order valence-electron chi connectivity index (χ1n) is 13.2. The van der Waals surface area contributed by atoms with Crippen LogP contribution >= 0.6 is 0 Å². The van der Waals surface area contributed by atoms with Crippen molar-refractivity contribution in [3.8, 4) is 11.3 Å². The second-order valence-electron chi connectivity index (χ2n) is 10.2. The van der Waals surface area contributed by atoms with Gasteiger partial charge in [0.2, 0.25) is 17.7 Å². The Bertz CT molecular complexity index is 1060. The van der Waals surface area contributed by atoms with Crippen LogP contribution in [0.3, 0.4) is 0 Å². The molecule has 1 aromatic carbocycles. The van der Waals surface area contributed by atoms with Crippen molar-refractivity contribution in [2.45, 2.75) is 64.8 Å². The van der Waals surface area contributed by atoms with Gasteiger partial charge in [-0.2, -0.15) is 0 Å². The molecule has 3 amide bonds. The lowest BCUT2D eigenvalue weighted by molar-refractivity contribution is -0.132. The minimum Gasteiger partial charge on any atom is -0.349 e. The second-order valence-corrected chi connectivity index (χ2v) is 10.2. The number of carbonyl (C=O) groups excluding carboxylic acids is 4. The monoisotopic (exact) mass is 506 g/mol. The Morgan fingerprint density at radius 2 is 1.70 bits per heavy atom. The maximum atomic E-state index is 12.8. The second kappa shape index (κ2) is 14.3. The maximum absolute atomic E-state index is 12.8. The van der Waals surface area contributed by atoms with Gasteiger partial charge in [0.15, 0.2) is 5.78 Å². The summed E-state index contributed by atoms with van der Waals surface area (Å²) in [6, 6.07) is 12.5. The van der Waals surface area contributed by atoms with E-state index in [4.69, 9.17) is 0 Å². The number of ketones is 1. The Morgan fingerprint density at radius 3 is 2.41 bits per heavy atom. The van der Waals surface area contributed by atoms with Crippen molar-refractivity contribution in [2.24, 2.45) is 11.8 Å². The van der Waals surface area contributed by atoms with Crippen molar-refractivity contribution < 1.29 is 19.2 Å². The molecule has 198 valence electrons. The molecular formula is C29H38N4O4. The molecule has 3 N–H and O–H groups in total. The summed E-state index contributed by atoms with van der Waals surface area (Å²) in [5.41, 5.74) is 2.55. The molecule has 0 radical (unpaired) electrons. The fraction of sp³-hybridized carbons (Fsp3) is 0.483. The number of hydrogen-bond donors (Lipinski definition) is 3. The highest BCUT2D eigenvalue weighted by molar-refractivity contribution is 5.93. The molecule has 1 heterocycles. The van der Waals surface area contributed by atoms with Crippen molar-refractivity contribution in [3.63, 3.8) is 0 Å². The van der Waals surface area contributed by atoms with Gasteiger partial charge >= 0.3 is 0 Å². The van der Waals surface area contributed by atoms with Crippen LogP contribution in [0.5, 0.6) is 0 Å². The summed E-state index contributed by atoms with van der Waals surface area (Å²) in [5.74, 6) is -0.887. The highest BCUT2D eigenvalue weighted by Gasteiger charge is 2.27. The van der Waals surface area contributed by atoms with E-state index in [1.807, 2.05) is 56.3 Å². The SMILES string of the molecule is CC(C)C[C@H](NC(=O)C1CCCCC1)C(=O)NCC(=O)CNC(=O)Cc1cccc(-c2ccccn2)c1. The van der Waals surface area contributed by atoms with Gasteiger partial charge in [0.1, 0.15) is 6.04 Å². The molecule has 1 aliphatic carbocycles. The third kappa shape index (κ3) is 9.44. The summed E-state index contributed by atoms with van der Waals surface area (Å²) in [5, 5.41) is 8.16. The molecule has 8 heteroatoms. The van der Waals surface area contributed by atoms with Gasteiger partial charge in [-0.25, -0.2) is 0 Å². The topological polar surface area (TPSA) is 117 Å². The number of aromatic nitrogens is 1. The quantitative estimate of drug-likeness (QED) is 0.409. The van der Waals surface area contributed by atoms with E-state index in [0.717, 1.165) is 48.9 Å². The summed E-state index contributed by atoms with van der Waals surface area (Å²) in [6.07, 6.45) is 7.27. The zero-order valence-electron chi connectivity index (χ0n) is 21.8. The minimum atomic E-state index is -0.678. The van der Waals surface area contributed by atoms with Crippen LogP contribution in [0.1, 0.15) is 57.9 Å². The van der Waals surface area contributed by atoms with Crippen LogP contribution in [0.4, 0.5) is 0 Å². The Balaban J connectivity index is 1.43. The average Bonchev–Trinajstić information content (AvgIpc) is 2.91. The number of rotatable bonds is 12. The number of benzene rings is 1. The average molecular weight is 507 g/mol. The van der Waals surface area contributed by atoms with Gasteiger partial charge in [-0.05, 0) is 48.9 Å². The fourth-order valence-electron chi connectivity index (χ4n) is 4.55. The fourth-order valence-corrected chi connectivity index (χ4v) is 4.55. The predicted octanol–water partition coefficient (Wildman–Crippen LogP) is 3.20. The molecule has 0 aliphatic heterocycles. The van der Waals surface area contributed by atoms with E-state index in [2.05, 4.69) is 20.9 Å².